The molecule has 8 heteroatoms. The molecule has 2 amide bonds. The third kappa shape index (κ3) is 4.30. The molecule has 1 aromatic carbocycles. The van der Waals surface area contributed by atoms with Gasteiger partial charge in [0.1, 0.15) is 11.5 Å². The lowest BCUT2D eigenvalue weighted by atomic mass is 9.77. The van der Waals surface area contributed by atoms with Gasteiger partial charge in [-0.3, -0.25) is 9.59 Å². The van der Waals surface area contributed by atoms with Crippen LogP contribution in [0.1, 0.15) is 40.5 Å². The number of rotatable bonds is 3. The molecule has 0 aromatic heterocycles. The summed E-state index contributed by atoms with van der Waals surface area (Å²) in [4.78, 5) is 27.4. The Morgan fingerprint density at radius 1 is 1.11 bits per heavy atom. The number of hydrogen-bond acceptors (Lipinski definition) is 5. The molecule has 2 rings (SSSR count). The molecule has 1 aliphatic heterocycles. The maximum Gasteiger partial charge on any atom is 0.314 e. The van der Waals surface area contributed by atoms with E-state index in [0.717, 1.165) is 0 Å². The van der Waals surface area contributed by atoms with E-state index in [9.17, 15) is 9.59 Å². The van der Waals surface area contributed by atoms with Gasteiger partial charge >= 0.3 is 11.8 Å². The van der Waals surface area contributed by atoms with Crippen LogP contribution in [0.25, 0.3) is 0 Å². The van der Waals surface area contributed by atoms with Crippen molar-refractivity contribution in [3.63, 3.8) is 0 Å². The number of benzene rings is 1. The molecule has 1 fully saturated rings. The van der Waals surface area contributed by atoms with E-state index in [1.807, 2.05) is 27.7 Å². The van der Waals surface area contributed by atoms with E-state index in [2.05, 4.69) is 5.32 Å². The lowest BCUT2D eigenvalue weighted by Crippen LogP contribution is -2.66. The zero-order chi connectivity index (χ0) is 20.6. The first-order chi connectivity index (χ1) is 12.4. The summed E-state index contributed by atoms with van der Waals surface area (Å²) in [5.41, 5.74) is 5.37. The van der Waals surface area contributed by atoms with E-state index in [1.54, 1.807) is 4.90 Å². The van der Waals surface area contributed by atoms with Gasteiger partial charge in [-0.1, -0.05) is 11.6 Å². The van der Waals surface area contributed by atoms with Gasteiger partial charge in [-0.2, -0.15) is 0 Å². The van der Waals surface area contributed by atoms with Crippen molar-refractivity contribution < 1.29 is 19.1 Å². The van der Waals surface area contributed by atoms with Crippen LogP contribution in [0.15, 0.2) is 12.1 Å². The standard InChI is InChI=1S/C19H28ClN3O4/c1-18(2)9-11(21)10-19(3,4)23(18)17(25)16(24)22-13-8-14(26-5)12(20)7-15(13)27-6/h7-8,11H,9-10,21H2,1-6H3,(H,22,24). The lowest BCUT2D eigenvalue weighted by Gasteiger charge is -2.54. The largest absolute Gasteiger partial charge is 0.495 e. The van der Waals surface area contributed by atoms with E-state index in [-0.39, 0.29) is 6.04 Å². The SMILES string of the molecule is COc1cc(NC(=O)C(=O)N2C(C)(C)CC(N)CC2(C)C)c(OC)cc1Cl. The fourth-order valence-electron chi connectivity index (χ4n) is 4.14. The number of anilines is 1. The average molecular weight is 398 g/mol. The van der Waals surface area contributed by atoms with Crippen LogP contribution in [-0.4, -0.2) is 48.1 Å². The van der Waals surface area contributed by atoms with Gasteiger partial charge < -0.3 is 25.4 Å². The Balaban J connectivity index is 2.32. The van der Waals surface area contributed by atoms with Crippen molar-refractivity contribution in [2.45, 2.75) is 57.7 Å². The number of likely N-dealkylation sites (tertiary alicyclic amines) is 1. The minimum Gasteiger partial charge on any atom is -0.495 e. The number of nitrogens with two attached hydrogens (primary N) is 1. The van der Waals surface area contributed by atoms with Crippen molar-refractivity contribution in [3.05, 3.63) is 17.2 Å². The van der Waals surface area contributed by atoms with Crippen molar-refractivity contribution >= 4 is 29.1 Å². The van der Waals surface area contributed by atoms with Crippen molar-refractivity contribution in [3.8, 4) is 11.5 Å². The van der Waals surface area contributed by atoms with Crippen molar-refractivity contribution in [1.29, 1.82) is 0 Å². The molecule has 1 aromatic rings. The number of carbonyl (C=O) groups is 2. The van der Waals surface area contributed by atoms with Crippen molar-refractivity contribution in [2.75, 3.05) is 19.5 Å². The molecular formula is C19H28ClN3O4. The molecule has 27 heavy (non-hydrogen) atoms. The first-order valence-electron chi connectivity index (χ1n) is 8.75. The third-order valence-corrected chi connectivity index (χ3v) is 5.15. The zero-order valence-electron chi connectivity index (χ0n) is 16.7. The van der Waals surface area contributed by atoms with E-state index in [0.29, 0.717) is 35.1 Å². The van der Waals surface area contributed by atoms with Crippen LogP contribution >= 0.6 is 11.6 Å². The predicted molar refractivity (Wildman–Crippen MR) is 105 cm³/mol. The molecule has 1 aliphatic rings. The summed E-state index contributed by atoms with van der Waals surface area (Å²) in [6.45, 7) is 7.69. The summed E-state index contributed by atoms with van der Waals surface area (Å²) in [7, 11) is 2.92. The van der Waals surface area contributed by atoms with Gasteiger partial charge in [0.15, 0.2) is 0 Å². The number of piperidine rings is 1. The highest BCUT2D eigenvalue weighted by atomic mass is 35.5. The number of carbonyl (C=O) groups excluding carboxylic acids is 2. The highest BCUT2D eigenvalue weighted by Crippen LogP contribution is 2.39. The zero-order valence-corrected chi connectivity index (χ0v) is 17.4. The number of nitrogens with one attached hydrogen (secondary N) is 1. The summed E-state index contributed by atoms with van der Waals surface area (Å²) < 4.78 is 10.4. The van der Waals surface area contributed by atoms with Crippen LogP contribution in [0.5, 0.6) is 11.5 Å². The molecule has 7 nitrogen and oxygen atoms in total. The second kappa shape index (κ2) is 7.56. The number of amides is 2. The van der Waals surface area contributed by atoms with Crippen LogP contribution in [0.3, 0.4) is 0 Å². The second-order valence-corrected chi connectivity index (χ2v) is 8.48. The van der Waals surface area contributed by atoms with Crippen LogP contribution in [0, 0.1) is 0 Å². The van der Waals surface area contributed by atoms with Crippen LogP contribution in [0.4, 0.5) is 5.69 Å². The van der Waals surface area contributed by atoms with Crippen LogP contribution in [0.2, 0.25) is 5.02 Å². The second-order valence-electron chi connectivity index (χ2n) is 8.07. The summed E-state index contributed by atoms with van der Waals surface area (Å²) in [6.07, 6.45) is 1.24. The molecule has 0 atom stereocenters. The van der Waals surface area contributed by atoms with Gasteiger partial charge in [0.2, 0.25) is 0 Å². The highest BCUT2D eigenvalue weighted by Gasteiger charge is 2.48. The number of halogens is 1. The Labute approximate surface area is 165 Å². The highest BCUT2D eigenvalue weighted by molar-refractivity contribution is 6.40. The number of ether oxygens (including phenoxy) is 2. The quantitative estimate of drug-likeness (QED) is 0.765. The van der Waals surface area contributed by atoms with E-state index in [1.165, 1.54) is 26.4 Å². The summed E-state index contributed by atoms with van der Waals surface area (Å²) >= 11 is 6.08. The third-order valence-electron chi connectivity index (χ3n) is 4.85. The molecule has 1 heterocycles. The number of methoxy groups -OCH3 is 2. The summed E-state index contributed by atoms with van der Waals surface area (Å²) in [5.74, 6) is -0.673. The van der Waals surface area contributed by atoms with E-state index >= 15 is 0 Å². The molecule has 1 saturated heterocycles. The lowest BCUT2D eigenvalue weighted by molar-refractivity contribution is -0.156. The molecule has 0 saturated carbocycles. The first-order valence-corrected chi connectivity index (χ1v) is 9.13. The molecule has 0 aliphatic carbocycles. The maximum absolute atomic E-state index is 13.0. The van der Waals surface area contributed by atoms with Gasteiger partial charge in [0, 0.05) is 29.3 Å². The van der Waals surface area contributed by atoms with E-state index < -0.39 is 22.9 Å². The van der Waals surface area contributed by atoms with Crippen molar-refractivity contribution in [2.24, 2.45) is 5.73 Å². The van der Waals surface area contributed by atoms with E-state index in [4.69, 9.17) is 26.8 Å². The molecule has 0 unspecified atom stereocenters. The fraction of sp³-hybridized carbons (Fsp3) is 0.579. The Kier molecular flexibility index (Phi) is 5.97. The van der Waals surface area contributed by atoms with Gasteiger partial charge in [-0.15, -0.1) is 0 Å². The molecular weight excluding hydrogens is 370 g/mol. The monoisotopic (exact) mass is 397 g/mol. The smallest absolute Gasteiger partial charge is 0.314 e. The fourth-order valence-corrected chi connectivity index (χ4v) is 4.37. The van der Waals surface area contributed by atoms with Gasteiger partial charge in [-0.25, -0.2) is 0 Å². The van der Waals surface area contributed by atoms with Gasteiger partial charge in [0.25, 0.3) is 0 Å². The molecule has 0 bridgehead atoms. The molecule has 0 radical (unpaired) electrons. The minimum absolute atomic E-state index is 0.0252. The Bertz CT molecular complexity index is 731. The molecule has 150 valence electrons. The van der Waals surface area contributed by atoms with Crippen LogP contribution < -0.4 is 20.5 Å². The minimum atomic E-state index is -0.755. The Morgan fingerprint density at radius 2 is 1.63 bits per heavy atom. The summed E-state index contributed by atoms with van der Waals surface area (Å²) in [5, 5.41) is 2.96. The maximum atomic E-state index is 13.0. The van der Waals surface area contributed by atoms with Crippen LogP contribution in [-0.2, 0) is 9.59 Å². The molecule has 3 N–H and O–H groups in total. The normalized spacial score (nSPS) is 18.7. The average Bonchev–Trinajstić information content (AvgIpc) is 2.52. The Morgan fingerprint density at radius 3 is 2.11 bits per heavy atom. The molecule has 0 spiro atoms. The van der Waals surface area contributed by atoms with Gasteiger partial charge in [-0.05, 0) is 40.5 Å². The van der Waals surface area contributed by atoms with Gasteiger partial charge in [0.05, 0.1) is 24.9 Å². The number of nitrogens with zero attached hydrogens (tertiary/aromatic N) is 1. The number of hydrogen-bond donors (Lipinski definition) is 2. The predicted octanol–water partition coefficient (Wildman–Crippen LogP) is 2.80. The summed E-state index contributed by atoms with van der Waals surface area (Å²) in [6, 6.07) is 3.02. The topological polar surface area (TPSA) is 93.9 Å². The first kappa shape index (κ1) is 21.3. The van der Waals surface area contributed by atoms with Crippen molar-refractivity contribution in [1.82, 2.24) is 4.90 Å². The Hall–Kier alpha value is -1.99.